The number of nitrogens with zero attached hydrogens (tertiary/aromatic N) is 1. The summed E-state index contributed by atoms with van der Waals surface area (Å²) in [4.78, 5) is 41.3. The second-order valence-electron chi connectivity index (χ2n) is 10.2. The molecule has 2 atom stereocenters. The lowest BCUT2D eigenvalue weighted by Gasteiger charge is -2.27. The molecule has 36 heavy (non-hydrogen) atoms. The number of pyridine rings is 1. The minimum atomic E-state index is -0.431. The summed E-state index contributed by atoms with van der Waals surface area (Å²) in [7, 11) is 0. The molecular formula is C28H34N4O4. The predicted molar refractivity (Wildman–Crippen MR) is 141 cm³/mol. The van der Waals surface area contributed by atoms with Crippen LogP contribution in [-0.4, -0.2) is 27.9 Å². The van der Waals surface area contributed by atoms with Crippen LogP contribution in [0.4, 0.5) is 11.4 Å². The third-order valence-corrected chi connectivity index (χ3v) is 6.18. The highest BCUT2D eigenvalue weighted by atomic mass is 16.5. The van der Waals surface area contributed by atoms with Crippen LogP contribution in [0.2, 0.25) is 0 Å². The molecule has 3 rings (SSSR count). The van der Waals surface area contributed by atoms with Crippen molar-refractivity contribution >= 4 is 40.0 Å². The molecule has 1 aromatic heterocycles. The zero-order chi connectivity index (χ0) is 26.3. The number of benzene rings is 2. The third kappa shape index (κ3) is 7.36. The van der Waals surface area contributed by atoms with Gasteiger partial charge in [0, 0.05) is 30.1 Å². The van der Waals surface area contributed by atoms with E-state index in [4.69, 9.17) is 5.21 Å². The van der Waals surface area contributed by atoms with E-state index < -0.39 is 11.8 Å². The summed E-state index contributed by atoms with van der Waals surface area (Å²) in [6.07, 6.45) is 2.85. The van der Waals surface area contributed by atoms with Gasteiger partial charge >= 0.3 is 0 Å². The van der Waals surface area contributed by atoms with Gasteiger partial charge in [0.25, 0.3) is 0 Å². The van der Waals surface area contributed by atoms with Gasteiger partial charge in [-0.15, -0.1) is 0 Å². The smallest absolute Gasteiger partial charge is 0.243 e. The van der Waals surface area contributed by atoms with Gasteiger partial charge < -0.3 is 10.6 Å². The van der Waals surface area contributed by atoms with E-state index in [0.29, 0.717) is 17.8 Å². The van der Waals surface area contributed by atoms with Gasteiger partial charge in [-0.1, -0.05) is 51.1 Å². The highest BCUT2D eigenvalue weighted by Gasteiger charge is 2.26. The number of carbonyl (C=O) groups excluding carboxylic acids is 3. The molecule has 8 nitrogen and oxygen atoms in total. The molecule has 0 saturated heterocycles. The second-order valence-corrected chi connectivity index (χ2v) is 10.2. The molecule has 0 bridgehead atoms. The Balaban J connectivity index is 1.56. The summed E-state index contributed by atoms with van der Waals surface area (Å²) in [6, 6.07) is 16.7. The highest BCUT2D eigenvalue weighted by Crippen LogP contribution is 2.31. The van der Waals surface area contributed by atoms with Crippen LogP contribution in [0.3, 0.4) is 0 Å². The minimum absolute atomic E-state index is 0.0246. The molecule has 0 aliphatic rings. The van der Waals surface area contributed by atoms with Gasteiger partial charge in [0.1, 0.15) is 0 Å². The molecule has 1 heterocycles. The Kier molecular flexibility index (Phi) is 8.77. The van der Waals surface area contributed by atoms with E-state index >= 15 is 0 Å². The van der Waals surface area contributed by atoms with Gasteiger partial charge in [-0.2, -0.15) is 0 Å². The molecule has 0 aliphatic heterocycles. The van der Waals surface area contributed by atoms with Crippen LogP contribution in [0.5, 0.6) is 0 Å². The maximum Gasteiger partial charge on any atom is 0.243 e. The number of amides is 3. The number of hydroxylamine groups is 1. The lowest BCUT2D eigenvalue weighted by Crippen LogP contribution is -2.27. The van der Waals surface area contributed by atoms with Crippen LogP contribution in [-0.2, 0) is 14.4 Å². The quantitative estimate of drug-likeness (QED) is 0.228. The van der Waals surface area contributed by atoms with Crippen molar-refractivity contribution in [2.75, 3.05) is 10.6 Å². The topological polar surface area (TPSA) is 120 Å². The molecule has 4 N–H and O–H groups in total. The number of para-hydroxylation sites is 1. The van der Waals surface area contributed by atoms with Gasteiger partial charge in [0.15, 0.2) is 0 Å². The van der Waals surface area contributed by atoms with Gasteiger partial charge in [0.2, 0.25) is 17.7 Å². The summed E-state index contributed by atoms with van der Waals surface area (Å²) < 4.78 is 0. The van der Waals surface area contributed by atoms with E-state index in [1.54, 1.807) is 23.8 Å². The molecule has 2 aromatic carbocycles. The van der Waals surface area contributed by atoms with Crippen LogP contribution in [0.15, 0.2) is 60.8 Å². The van der Waals surface area contributed by atoms with Crippen molar-refractivity contribution in [2.24, 2.45) is 11.3 Å². The van der Waals surface area contributed by atoms with E-state index in [-0.39, 0.29) is 36.0 Å². The SMILES string of the molecule is CC(CC(=O)NO)CC(C)(C)CC(=O)Nc1ccc(C(C)C(=O)Nc2cccc3cccnc23)cc1. The molecule has 3 aromatic rings. The summed E-state index contributed by atoms with van der Waals surface area (Å²) >= 11 is 0. The highest BCUT2D eigenvalue weighted by molar-refractivity contribution is 6.02. The lowest BCUT2D eigenvalue weighted by atomic mass is 9.79. The molecule has 0 radical (unpaired) electrons. The van der Waals surface area contributed by atoms with Gasteiger partial charge in [-0.25, -0.2) is 5.48 Å². The predicted octanol–water partition coefficient (Wildman–Crippen LogP) is 5.25. The molecular weight excluding hydrogens is 456 g/mol. The Bertz CT molecular complexity index is 1220. The first-order valence-electron chi connectivity index (χ1n) is 12.1. The molecule has 0 saturated carbocycles. The van der Waals surface area contributed by atoms with Crippen molar-refractivity contribution in [1.82, 2.24) is 10.5 Å². The fourth-order valence-corrected chi connectivity index (χ4v) is 4.54. The Morgan fingerprint density at radius 3 is 2.33 bits per heavy atom. The number of carbonyl (C=O) groups is 3. The summed E-state index contributed by atoms with van der Waals surface area (Å²) in [6.45, 7) is 7.72. The fraction of sp³-hybridized carbons (Fsp3) is 0.357. The zero-order valence-corrected chi connectivity index (χ0v) is 21.2. The number of nitrogens with one attached hydrogen (secondary N) is 3. The van der Waals surface area contributed by atoms with Crippen LogP contribution in [0.1, 0.15) is 58.4 Å². The van der Waals surface area contributed by atoms with E-state index in [9.17, 15) is 14.4 Å². The monoisotopic (exact) mass is 490 g/mol. The van der Waals surface area contributed by atoms with Crippen LogP contribution >= 0.6 is 0 Å². The largest absolute Gasteiger partial charge is 0.326 e. The van der Waals surface area contributed by atoms with Crippen molar-refractivity contribution in [2.45, 2.75) is 52.9 Å². The normalized spacial score (nSPS) is 13.0. The summed E-state index contributed by atoms with van der Waals surface area (Å²) in [5.74, 6) is -1.07. The van der Waals surface area contributed by atoms with Crippen LogP contribution in [0, 0.1) is 11.3 Å². The number of aromatic nitrogens is 1. The Labute approximate surface area is 211 Å². The first-order chi connectivity index (χ1) is 17.1. The minimum Gasteiger partial charge on any atom is -0.326 e. The first kappa shape index (κ1) is 26.8. The number of rotatable bonds is 10. The van der Waals surface area contributed by atoms with E-state index in [1.165, 1.54) is 0 Å². The molecule has 0 fully saturated rings. The molecule has 0 spiro atoms. The molecule has 8 heteroatoms. The second kappa shape index (κ2) is 11.8. The standard InChI is InChI=1S/C28H34N4O4/c1-18(15-24(33)32-36)16-28(3,4)17-25(34)30-22-12-10-20(11-13-22)19(2)27(35)31-23-9-5-7-21-8-6-14-29-26(21)23/h5-14,18-19,36H,15-17H2,1-4H3,(H,30,34)(H,31,35)(H,32,33). The zero-order valence-electron chi connectivity index (χ0n) is 21.2. The van der Waals surface area contributed by atoms with E-state index in [1.807, 2.05) is 70.2 Å². The number of hydrogen-bond donors (Lipinski definition) is 4. The van der Waals surface area contributed by atoms with Crippen molar-refractivity contribution < 1.29 is 19.6 Å². The maximum atomic E-state index is 12.9. The summed E-state index contributed by atoms with van der Waals surface area (Å²) in [5.41, 5.74) is 4.22. The van der Waals surface area contributed by atoms with Gasteiger partial charge in [-0.05, 0) is 54.5 Å². The maximum absolute atomic E-state index is 12.9. The number of hydrogen-bond acceptors (Lipinski definition) is 5. The average molecular weight is 491 g/mol. The number of anilines is 2. The average Bonchev–Trinajstić information content (AvgIpc) is 2.83. The molecule has 190 valence electrons. The van der Waals surface area contributed by atoms with Crippen molar-refractivity contribution in [1.29, 1.82) is 0 Å². The fourth-order valence-electron chi connectivity index (χ4n) is 4.54. The lowest BCUT2D eigenvalue weighted by molar-refractivity contribution is -0.130. The summed E-state index contributed by atoms with van der Waals surface area (Å²) in [5, 5.41) is 15.5. The Hall–Kier alpha value is -3.78. The van der Waals surface area contributed by atoms with Crippen LogP contribution < -0.4 is 16.1 Å². The molecule has 2 unspecified atom stereocenters. The Morgan fingerprint density at radius 1 is 0.944 bits per heavy atom. The van der Waals surface area contributed by atoms with Gasteiger partial charge in [-0.3, -0.25) is 24.6 Å². The molecule has 0 aliphatic carbocycles. The number of fused-ring (bicyclic) bond motifs is 1. The Morgan fingerprint density at radius 2 is 1.64 bits per heavy atom. The first-order valence-corrected chi connectivity index (χ1v) is 12.1. The third-order valence-electron chi connectivity index (χ3n) is 6.18. The van der Waals surface area contributed by atoms with Crippen molar-refractivity contribution in [3.63, 3.8) is 0 Å². The van der Waals surface area contributed by atoms with Crippen molar-refractivity contribution in [3.05, 3.63) is 66.4 Å². The van der Waals surface area contributed by atoms with Gasteiger partial charge in [0.05, 0.1) is 17.1 Å². The van der Waals surface area contributed by atoms with Crippen molar-refractivity contribution in [3.8, 4) is 0 Å². The van der Waals surface area contributed by atoms with Crippen LogP contribution in [0.25, 0.3) is 10.9 Å². The van der Waals surface area contributed by atoms with E-state index in [0.717, 1.165) is 16.5 Å². The molecule has 3 amide bonds. The van der Waals surface area contributed by atoms with E-state index in [2.05, 4.69) is 15.6 Å².